The Balaban J connectivity index is 1.82. The Bertz CT molecular complexity index is 791. The summed E-state index contributed by atoms with van der Waals surface area (Å²) in [5.74, 6) is -0.0164. The zero-order valence-electron chi connectivity index (χ0n) is 15.8. The molecule has 1 aromatic carbocycles. The van der Waals surface area contributed by atoms with Crippen LogP contribution in [0.1, 0.15) is 41.2 Å². The first-order valence-corrected chi connectivity index (χ1v) is 9.29. The zero-order chi connectivity index (χ0) is 18.5. The highest BCUT2D eigenvalue weighted by Gasteiger charge is 2.21. The third kappa shape index (κ3) is 4.02. The molecule has 6 nitrogen and oxygen atoms in total. The normalized spacial score (nSPS) is 12.6. The van der Waals surface area contributed by atoms with Crippen molar-refractivity contribution in [3.63, 3.8) is 0 Å². The molecule has 0 aliphatic carbocycles. The van der Waals surface area contributed by atoms with E-state index in [9.17, 15) is 4.79 Å². The van der Waals surface area contributed by atoms with Gasteiger partial charge >= 0.3 is 0 Å². The minimum atomic E-state index is -0.0164. The molecular formula is C20H27N5O. The van der Waals surface area contributed by atoms with Crippen molar-refractivity contribution in [2.75, 3.05) is 26.2 Å². The van der Waals surface area contributed by atoms with E-state index in [2.05, 4.69) is 52.1 Å². The summed E-state index contributed by atoms with van der Waals surface area (Å²) >= 11 is 0. The molecule has 0 atom stereocenters. The fourth-order valence-electron chi connectivity index (χ4n) is 3.30. The molecule has 0 unspecified atom stereocenters. The van der Waals surface area contributed by atoms with E-state index in [4.69, 9.17) is 0 Å². The molecule has 0 saturated carbocycles. The number of amides is 1. The molecule has 1 aliphatic heterocycles. The molecule has 6 heteroatoms. The van der Waals surface area contributed by atoms with Gasteiger partial charge in [0.1, 0.15) is 5.69 Å². The zero-order valence-corrected chi connectivity index (χ0v) is 15.8. The van der Waals surface area contributed by atoms with Crippen molar-refractivity contribution in [1.82, 2.24) is 20.0 Å². The van der Waals surface area contributed by atoms with Gasteiger partial charge in [0.2, 0.25) is 0 Å². The van der Waals surface area contributed by atoms with Crippen molar-refractivity contribution >= 4 is 17.8 Å². The molecule has 26 heavy (non-hydrogen) atoms. The maximum Gasteiger partial charge on any atom is 0.272 e. The number of hydrogen-bond donors (Lipinski definition) is 1. The van der Waals surface area contributed by atoms with Crippen molar-refractivity contribution in [2.24, 2.45) is 4.99 Å². The van der Waals surface area contributed by atoms with Gasteiger partial charge < -0.3 is 9.80 Å². The minimum absolute atomic E-state index is 0.0164. The molecule has 2 heterocycles. The van der Waals surface area contributed by atoms with Crippen molar-refractivity contribution in [1.29, 1.82) is 0 Å². The average Bonchev–Trinajstić information content (AvgIpc) is 3.30. The molecule has 1 aromatic heterocycles. The SMILES string of the molecule is CCN(CC)CCN(Cc1cccc2c1N=CC2)C(=O)c1cc(C)n[nH]1. The number of H-pyrrole nitrogens is 1. The van der Waals surface area contributed by atoms with Crippen LogP contribution in [-0.4, -0.2) is 58.3 Å². The maximum absolute atomic E-state index is 13.0. The fraction of sp³-hybridized carbons (Fsp3) is 0.450. The molecule has 0 bridgehead atoms. The monoisotopic (exact) mass is 353 g/mol. The van der Waals surface area contributed by atoms with Gasteiger partial charge in [0.15, 0.2) is 0 Å². The van der Waals surface area contributed by atoms with Crippen LogP contribution in [-0.2, 0) is 13.0 Å². The lowest BCUT2D eigenvalue weighted by Crippen LogP contribution is -2.38. The third-order valence-electron chi connectivity index (χ3n) is 4.90. The number of nitrogens with zero attached hydrogens (tertiary/aromatic N) is 4. The maximum atomic E-state index is 13.0. The number of hydrogen-bond acceptors (Lipinski definition) is 4. The van der Waals surface area contributed by atoms with Gasteiger partial charge in [-0.25, -0.2) is 0 Å². The number of aliphatic imine (C=N–C) groups is 1. The standard InChI is InChI=1S/C20H27N5O/c1-4-24(5-2)11-12-25(20(26)18-13-15(3)22-23-18)14-17-8-6-7-16-9-10-21-19(16)17/h6-8,10,13H,4-5,9,11-12,14H2,1-3H3,(H,22,23). The van der Waals surface area contributed by atoms with Gasteiger partial charge in [-0.15, -0.1) is 0 Å². The van der Waals surface area contributed by atoms with Gasteiger partial charge in [-0.05, 0) is 37.2 Å². The van der Waals surface area contributed by atoms with E-state index >= 15 is 0 Å². The first-order chi connectivity index (χ1) is 12.6. The fourth-order valence-corrected chi connectivity index (χ4v) is 3.30. The summed E-state index contributed by atoms with van der Waals surface area (Å²) in [6, 6.07) is 8.03. The van der Waals surface area contributed by atoms with Crippen LogP contribution in [0, 0.1) is 6.92 Å². The second-order valence-electron chi connectivity index (χ2n) is 6.62. The lowest BCUT2D eigenvalue weighted by atomic mass is 10.1. The average molecular weight is 353 g/mol. The van der Waals surface area contributed by atoms with Crippen LogP contribution in [0.4, 0.5) is 5.69 Å². The first-order valence-electron chi connectivity index (χ1n) is 9.29. The minimum Gasteiger partial charge on any atom is -0.332 e. The number of aromatic amines is 1. The molecule has 2 aromatic rings. The number of aryl methyl sites for hydroxylation is 1. The van der Waals surface area contributed by atoms with Crippen molar-refractivity contribution in [3.8, 4) is 0 Å². The molecule has 138 valence electrons. The van der Waals surface area contributed by atoms with Crippen molar-refractivity contribution in [3.05, 3.63) is 46.8 Å². The summed E-state index contributed by atoms with van der Waals surface area (Å²) in [4.78, 5) is 21.8. The van der Waals surface area contributed by atoms with Crippen LogP contribution in [0.15, 0.2) is 29.3 Å². The molecule has 1 amide bonds. The Kier molecular flexibility index (Phi) is 5.83. The first kappa shape index (κ1) is 18.3. The quantitative estimate of drug-likeness (QED) is 0.793. The van der Waals surface area contributed by atoms with E-state index in [1.807, 2.05) is 18.0 Å². The van der Waals surface area contributed by atoms with Gasteiger partial charge in [-0.1, -0.05) is 32.0 Å². The summed E-state index contributed by atoms with van der Waals surface area (Å²) in [7, 11) is 0. The van der Waals surface area contributed by atoms with Crippen molar-refractivity contribution in [2.45, 2.75) is 33.7 Å². The number of nitrogens with one attached hydrogen (secondary N) is 1. The molecule has 0 radical (unpaired) electrons. The number of carbonyl (C=O) groups is 1. The lowest BCUT2D eigenvalue weighted by molar-refractivity contribution is 0.0718. The molecule has 3 rings (SSSR count). The van der Waals surface area contributed by atoms with Crippen molar-refractivity contribution < 1.29 is 4.79 Å². The van der Waals surface area contributed by atoms with Gasteiger partial charge in [-0.3, -0.25) is 14.9 Å². The highest BCUT2D eigenvalue weighted by molar-refractivity contribution is 5.92. The second-order valence-corrected chi connectivity index (χ2v) is 6.62. The molecule has 1 N–H and O–H groups in total. The van der Waals surface area contributed by atoms with Crippen LogP contribution in [0.5, 0.6) is 0 Å². The van der Waals surface area contributed by atoms with Crippen LogP contribution < -0.4 is 0 Å². The predicted octanol–water partition coefficient (Wildman–Crippen LogP) is 2.96. The van der Waals surface area contributed by atoms with E-state index in [-0.39, 0.29) is 5.91 Å². The Morgan fingerprint density at radius 3 is 2.73 bits per heavy atom. The van der Waals surface area contributed by atoms with Gasteiger partial charge in [-0.2, -0.15) is 5.10 Å². The van der Waals surface area contributed by atoms with E-state index in [0.29, 0.717) is 18.8 Å². The smallest absolute Gasteiger partial charge is 0.272 e. The van der Waals surface area contributed by atoms with E-state index in [1.54, 1.807) is 6.07 Å². The predicted molar refractivity (Wildman–Crippen MR) is 104 cm³/mol. The lowest BCUT2D eigenvalue weighted by Gasteiger charge is -2.26. The van der Waals surface area contributed by atoms with Crippen LogP contribution in [0.25, 0.3) is 0 Å². The largest absolute Gasteiger partial charge is 0.332 e. The highest BCUT2D eigenvalue weighted by atomic mass is 16.2. The number of rotatable bonds is 8. The Morgan fingerprint density at radius 1 is 1.23 bits per heavy atom. The summed E-state index contributed by atoms with van der Waals surface area (Å²) in [5.41, 5.74) is 4.71. The van der Waals surface area contributed by atoms with Gasteiger partial charge in [0.25, 0.3) is 5.91 Å². The van der Waals surface area contributed by atoms with E-state index < -0.39 is 0 Å². The molecule has 0 saturated heterocycles. The summed E-state index contributed by atoms with van der Waals surface area (Å²) in [5, 5.41) is 6.96. The van der Waals surface area contributed by atoms with Crippen LogP contribution in [0.3, 0.4) is 0 Å². The molecule has 0 fully saturated rings. The van der Waals surface area contributed by atoms with E-state index in [1.165, 1.54) is 5.56 Å². The second kappa shape index (κ2) is 8.27. The number of likely N-dealkylation sites (N-methyl/N-ethyl adjacent to an activating group) is 1. The summed E-state index contributed by atoms with van der Waals surface area (Å²) in [6.45, 7) is 10.2. The van der Waals surface area contributed by atoms with Gasteiger partial charge in [0.05, 0.1) is 11.4 Å². The summed E-state index contributed by atoms with van der Waals surface area (Å²) < 4.78 is 0. The van der Waals surface area contributed by atoms with Gasteiger partial charge in [0, 0.05) is 32.3 Å². The third-order valence-corrected chi connectivity index (χ3v) is 4.90. The Hall–Kier alpha value is -2.47. The Morgan fingerprint density at radius 2 is 2.04 bits per heavy atom. The van der Waals surface area contributed by atoms with E-state index in [0.717, 1.165) is 43.0 Å². The number of para-hydroxylation sites is 1. The number of fused-ring (bicyclic) bond motifs is 1. The topological polar surface area (TPSA) is 64.6 Å². The molecule has 0 spiro atoms. The molecular weight excluding hydrogens is 326 g/mol. The van der Waals surface area contributed by atoms with Crippen LogP contribution in [0.2, 0.25) is 0 Å². The summed E-state index contributed by atoms with van der Waals surface area (Å²) in [6.07, 6.45) is 2.81. The molecule has 1 aliphatic rings. The number of aromatic nitrogens is 2. The number of benzene rings is 1. The highest BCUT2D eigenvalue weighted by Crippen LogP contribution is 2.29. The Labute approximate surface area is 154 Å². The van der Waals surface area contributed by atoms with Crippen LogP contribution >= 0.6 is 0 Å². The number of carbonyl (C=O) groups excluding carboxylic acids is 1.